The van der Waals surface area contributed by atoms with E-state index in [0.29, 0.717) is 71.2 Å². The Kier molecular flexibility index (Phi) is 11.6. The molecule has 0 aromatic heterocycles. The van der Waals surface area contributed by atoms with Crippen LogP contribution in [-0.2, 0) is 33.8 Å². The number of piperidine rings is 1. The van der Waals surface area contributed by atoms with Gasteiger partial charge in [0.25, 0.3) is 5.91 Å². The molecule has 4 fully saturated rings. The molecule has 0 aromatic carbocycles. The minimum Gasteiger partial charge on any atom is -0.381 e. The second-order valence-corrected chi connectivity index (χ2v) is 18.2. The molecule has 4 rings (SSSR count). The molecule has 272 valence electrons. The Bertz CT molecular complexity index is 1350. The minimum absolute atomic E-state index is 0.0578. The molecule has 1 aliphatic carbocycles. The summed E-state index contributed by atoms with van der Waals surface area (Å²) in [5.74, 6) is -2.36. The van der Waals surface area contributed by atoms with Crippen LogP contribution in [-0.4, -0.2) is 104 Å². The fraction of sp³-hybridized carbons (Fsp3) is 0.853. The fourth-order valence-corrected chi connectivity index (χ4v) is 10.5. The van der Waals surface area contributed by atoms with Crippen LogP contribution in [0.25, 0.3) is 0 Å². The Morgan fingerprint density at radius 3 is 2.23 bits per heavy atom. The molecule has 0 radical (unpaired) electrons. The zero-order valence-corrected chi connectivity index (χ0v) is 30.6. The molecular weight excluding hydrogens is 638 g/mol. The Morgan fingerprint density at radius 2 is 1.67 bits per heavy atom. The van der Waals surface area contributed by atoms with Gasteiger partial charge in [-0.3, -0.25) is 19.2 Å². The van der Waals surface area contributed by atoms with Gasteiger partial charge >= 0.3 is 6.03 Å². The SMILES string of the molecule is CCCC[C@H](NC(=O)[C@@H]1[C@@H]2[C@H](CN1C(=O)[C@@H](NC(=O)NC1(C3CCCS3(=O)=O)CCOCC1)C(C)(C)C)C2(C)C)C(=O)C(=O)NCCC. The van der Waals surface area contributed by atoms with Crippen LogP contribution < -0.4 is 21.3 Å². The number of nitrogens with zero attached hydrogens (tertiary/aromatic N) is 1. The smallest absolute Gasteiger partial charge is 0.315 e. The topological polar surface area (TPSA) is 180 Å². The van der Waals surface area contributed by atoms with Crippen molar-refractivity contribution in [1.29, 1.82) is 0 Å². The van der Waals surface area contributed by atoms with Crippen molar-refractivity contribution in [2.45, 2.75) is 129 Å². The summed E-state index contributed by atoms with van der Waals surface area (Å²) >= 11 is 0. The van der Waals surface area contributed by atoms with Gasteiger partial charge in [-0.25, -0.2) is 13.2 Å². The van der Waals surface area contributed by atoms with E-state index in [-0.39, 0.29) is 23.0 Å². The van der Waals surface area contributed by atoms with Gasteiger partial charge in [-0.2, -0.15) is 0 Å². The molecule has 5 amide bonds. The van der Waals surface area contributed by atoms with Crippen LogP contribution in [0, 0.1) is 22.7 Å². The molecule has 13 nitrogen and oxygen atoms in total. The highest BCUT2D eigenvalue weighted by Gasteiger charge is 2.70. The highest BCUT2D eigenvalue weighted by Crippen LogP contribution is 2.65. The van der Waals surface area contributed by atoms with Gasteiger partial charge in [0.2, 0.25) is 17.6 Å². The third-order valence-electron chi connectivity index (χ3n) is 11.1. The van der Waals surface area contributed by atoms with Crippen LogP contribution in [0.3, 0.4) is 0 Å². The van der Waals surface area contributed by atoms with Crippen molar-refractivity contribution in [1.82, 2.24) is 26.2 Å². The lowest BCUT2D eigenvalue weighted by Gasteiger charge is -2.43. The lowest BCUT2D eigenvalue weighted by molar-refractivity contribution is -0.145. The summed E-state index contributed by atoms with van der Waals surface area (Å²) in [6.07, 6.45) is 4.04. The Labute approximate surface area is 285 Å². The second kappa shape index (κ2) is 14.6. The van der Waals surface area contributed by atoms with Crippen LogP contribution in [0.4, 0.5) is 4.79 Å². The van der Waals surface area contributed by atoms with Gasteiger partial charge in [0, 0.05) is 26.3 Å². The van der Waals surface area contributed by atoms with Crippen LogP contribution in [0.5, 0.6) is 0 Å². The molecule has 14 heteroatoms. The van der Waals surface area contributed by atoms with Gasteiger partial charge < -0.3 is 30.9 Å². The van der Waals surface area contributed by atoms with E-state index in [1.807, 2.05) is 34.6 Å². The number of carbonyl (C=O) groups excluding carboxylic acids is 5. The zero-order chi connectivity index (χ0) is 35.7. The number of amides is 5. The molecule has 0 spiro atoms. The summed E-state index contributed by atoms with van der Waals surface area (Å²) in [7, 11) is -3.41. The molecule has 3 saturated heterocycles. The number of hydrogen-bond acceptors (Lipinski definition) is 8. The number of Topliss-reactive ketones (excluding diaryl/α,β-unsaturated/α-hetero) is 1. The first-order valence-corrected chi connectivity index (χ1v) is 19.4. The van der Waals surface area contributed by atoms with Gasteiger partial charge in [0.05, 0.1) is 22.6 Å². The van der Waals surface area contributed by atoms with Crippen LogP contribution in [0.1, 0.15) is 99.8 Å². The molecule has 3 heterocycles. The Balaban J connectivity index is 1.55. The van der Waals surface area contributed by atoms with Crippen molar-refractivity contribution in [3.05, 3.63) is 0 Å². The van der Waals surface area contributed by atoms with Crippen molar-refractivity contribution in [2.24, 2.45) is 22.7 Å². The largest absolute Gasteiger partial charge is 0.381 e. The first-order valence-electron chi connectivity index (χ1n) is 17.7. The summed E-state index contributed by atoms with van der Waals surface area (Å²) in [5, 5.41) is 10.6. The molecular formula is C34H57N5O8S. The van der Waals surface area contributed by atoms with Gasteiger partial charge in [-0.15, -0.1) is 0 Å². The van der Waals surface area contributed by atoms with E-state index in [4.69, 9.17) is 4.74 Å². The Morgan fingerprint density at radius 1 is 1.00 bits per heavy atom. The summed E-state index contributed by atoms with van der Waals surface area (Å²) in [6.45, 7) is 14.7. The molecule has 0 bridgehead atoms. The molecule has 0 aromatic rings. The predicted molar refractivity (Wildman–Crippen MR) is 181 cm³/mol. The molecule has 1 unspecified atom stereocenters. The average Bonchev–Trinajstić information content (AvgIpc) is 3.33. The van der Waals surface area contributed by atoms with Gasteiger partial charge in [0.1, 0.15) is 12.1 Å². The standard InChI is InChI=1S/C34H57N5O8S/c1-8-10-12-22(26(40)29(42)35-16-9-2)36-28(41)25-24-21(33(24,6)7)20-39(25)30(43)27(32(3,4)5)37-31(44)38-34(14-17-47-18-15-34)23-13-11-19-48(23,45)46/h21-25,27H,8-20H2,1-7H3,(H,35,42)(H,36,41)(H2,37,38,44)/t21-,22-,23?,24-,25-,27+/m0/s1. The van der Waals surface area contributed by atoms with E-state index < -0.39 is 73.7 Å². The average molecular weight is 696 g/mol. The van der Waals surface area contributed by atoms with Crippen molar-refractivity contribution in [3.8, 4) is 0 Å². The van der Waals surface area contributed by atoms with Crippen LogP contribution in [0.2, 0.25) is 0 Å². The van der Waals surface area contributed by atoms with Crippen molar-refractivity contribution >= 4 is 39.4 Å². The number of urea groups is 1. The number of hydrogen-bond donors (Lipinski definition) is 4. The first-order chi connectivity index (χ1) is 22.4. The lowest BCUT2D eigenvalue weighted by atomic mass is 9.84. The normalized spacial score (nSPS) is 28.0. The van der Waals surface area contributed by atoms with E-state index in [1.54, 1.807) is 0 Å². The molecule has 6 atom stereocenters. The van der Waals surface area contributed by atoms with Crippen LogP contribution in [0.15, 0.2) is 0 Å². The fourth-order valence-electron chi connectivity index (χ4n) is 8.11. The number of sulfone groups is 1. The summed E-state index contributed by atoms with van der Waals surface area (Å²) < 4.78 is 31.5. The molecule has 4 aliphatic rings. The molecule has 3 aliphatic heterocycles. The predicted octanol–water partition coefficient (Wildman–Crippen LogP) is 2.08. The monoisotopic (exact) mass is 695 g/mol. The van der Waals surface area contributed by atoms with E-state index in [1.165, 1.54) is 4.90 Å². The summed E-state index contributed by atoms with van der Waals surface area (Å²) in [4.78, 5) is 69.4. The van der Waals surface area contributed by atoms with Crippen molar-refractivity contribution < 1.29 is 37.1 Å². The van der Waals surface area contributed by atoms with Crippen molar-refractivity contribution in [2.75, 3.05) is 32.1 Å². The number of likely N-dealkylation sites (tertiary alicyclic amines) is 1. The maximum Gasteiger partial charge on any atom is 0.315 e. The second-order valence-electron chi connectivity index (χ2n) is 15.9. The highest BCUT2D eigenvalue weighted by molar-refractivity contribution is 7.92. The molecule has 4 N–H and O–H groups in total. The summed E-state index contributed by atoms with van der Waals surface area (Å²) in [6, 6.07) is -3.57. The molecule has 1 saturated carbocycles. The number of nitrogens with one attached hydrogen (secondary N) is 4. The highest BCUT2D eigenvalue weighted by atomic mass is 32.2. The maximum absolute atomic E-state index is 14.4. The minimum atomic E-state index is -3.41. The van der Waals surface area contributed by atoms with Crippen LogP contribution >= 0.6 is 0 Å². The van der Waals surface area contributed by atoms with Gasteiger partial charge in [-0.1, -0.05) is 61.3 Å². The van der Waals surface area contributed by atoms with Gasteiger partial charge in [0.15, 0.2) is 9.84 Å². The van der Waals surface area contributed by atoms with E-state index >= 15 is 0 Å². The summed E-state index contributed by atoms with van der Waals surface area (Å²) in [5.41, 5.74) is -1.98. The van der Waals surface area contributed by atoms with E-state index in [9.17, 15) is 32.4 Å². The quantitative estimate of drug-likeness (QED) is 0.212. The number of fused-ring (bicyclic) bond motifs is 1. The van der Waals surface area contributed by atoms with Crippen molar-refractivity contribution in [3.63, 3.8) is 0 Å². The number of ketones is 1. The van der Waals surface area contributed by atoms with E-state index in [0.717, 1.165) is 6.42 Å². The number of carbonyl (C=O) groups is 5. The number of ether oxygens (including phenoxy) is 1. The van der Waals surface area contributed by atoms with E-state index in [2.05, 4.69) is 35.1 Å². The maximum atomic E-state index is 14.4. The number of rotatable bonds is 13. The molecule has 48 heavy (non-hydrogen) atoms. The third kappa shape index (κ3) is 7.84. The van der Waals surface area contributed by atoms with Gasteiger partial charge in [-0.05, 0) is 61.2 Å². The number of unbranched alkanes of at least 4 members (excludes halogenated alkanes) is 1. The lowest BCUT2D eigenvalue weighted by Crippen LogP contribution is -2.66. The zero-order valence-electron chi connectivity index (χ0n) is 29.8. The first kappa shape index (κ1) is 38.1. The Hall–Kier alpha value is -2.74. The third-order valence-corrected chi connectivity index (χ3v) is 13.5.